The summed E-state index contributed by atoms with van der Waals surface area (Å²) in [6.07, 6.45) is 5.05. The minimum absolute atomic E-state index is 0. The molecular weight excluding hydrogens is 275 g/mol. The first-order valence-corrected chi connectivity index (χ1v) is 7.61. The van der Waals surface area contributed by atoms with E-state index in [4.69, 9.17) is 0 Å². The van der Waals surface area contributed by atoms with E-state index in [9.17, 15) is 13.6 Å². The quantitative estimate of drug-likeness (QED) is 0.334. The minimum atomic E-state index is -4.17. The Morgan fingerprint density at radius 1 is 1.24 bits per heavy atom. The van der Waals surface area contributed by atoms with E-state index in [0.29, 0.717) is 6.42 Å². The molecular formula is C9H17NaO5S2. The van der Waals surface area contributed by atoms with E-state index in [2.05, 4.69) is 27.0 Å². The number of rotatable bonds is 8. The van der Waals surface area contributed by atoms with E-state index in [1.807, 2.05) is 0 Å². The van der Waals surface area contributed by atoms with Crippen LogP contribution in [0.15, 0.2) is 0 Å². The molecule has 0 aromatic heterocycles. The van der Waals surface area contributed by atoms with E-state index in [1.54, 1.807) is 0 Å². The molecule has 0 rings (SSSR count). The third-order valence-corrected chi connectivity index (χ3v) is 2.43. The fourth-order valence-corrected chi connectivity index (χ4v) is 1.53. The van der Waals surface area contributed by atoms with E-state index in [0.717, 1.165) is 12.8 Å². The van der Waals surface area contributed by atoms with Gasteiger partial charge in [-0.2, -0.15) is 0 Å². The molecule has 0 saturated heterocycles. The summed E-state index contributed by atoms with van der Waals surface area (Å²) in [6.45, 7) is 2.30. The summed E-state index contributed by atoms with van der Waals surface area (Å²) in [4.78, 5) is 10.7. The molecule has 96 valence electrons. The Balaban J connectivity index is 0. The molecule has 0 N–H and O–H groups in total. The zero-order valence-electron chi connectivity index (χ0n) is 10.3. The average Bonchev–Trinajstić information content (AvgIpc) is 2.13. The molecule has 17 heavy (non-hydrogen) atoms. The van der Waals surface area contributed by atoms with Crippen LogP contribution in [0.1, 0.15) is 45.4 Å². The molecule has 0 aromatic carbocycles. The van der Waals surface area contributed by atoms with Crippen molar-refractivity contribution in [1.29, 1.82) is 0 Å². The Labute approximate surface area is 130 Å². The number of carbonyl (C=O) groups is 1. The third-order valence-electron chi connectivity index (χ3n) is 1.89. The molecule has 0 aliphatic heterocycles. The number of carbonyl (C=O) groups excluding carboxylic acids is 1. The van der Waals surface area contributed by atoms with Gasteiger partial charge in [-0.05, 0) is 6.42 Å². The first kappa shape index (κ1) is 19.9. The van der Waals surface area contributed by atoms with Gasteiger partial charge in [-0.3, -0.25) is 0 Å². The predicted molar refractivity (Wildman–Crippen MR) is 62.1 cm³/mol. The van der Waals surface area contributed by atoms with Crippen molar-refractivity contribution in [2.75, 3.05) is 6.61 Å². The fourth-order valence-electron chi connectivity index (χ4n) is 1.15. The molecule has 0 bridgehead atoms. The molecule has 1 unspecified atom stereocenters. The monoisotopic (exact) mass is 292 g/mol. The standard InChI is InChI=1S/C9H18O5S2.Na/c1-2-3-4-5-6-7-8-13-9(10)14-16(11,12)15;/h2-8H2,1H3,(H,11,12,15);/q;+1/p-1. The first-order chi connectivity index (χ1) is 7.45. The fraction of sp³-hybridized carbons (Fsp3) is 0.889. The van der Waals surface area contributed by atoms with Crippen molar-refractivity contribution < 1.29 is 52.0 Å². The van der Waals surface area contributed by atoms with Crippen molar-refractivity contribution in [3.8, 4) is 0 Å². The normalized spacial score (nSPS) is 13.3. The van der Waals surface area contributed by atoms with Crippen LogP contribution >= 0.6 is 0 Å². The van der Waals surface area contributed by atoms with Gasteiger partial charge in [0.15, 0.2) is 0 Å². The molecule has 0 fully saturated rings. The molecule has 0 aliphatic rings. The summed E-state index contributed by atoms with van der Waals surface area (Å²) in [5.74, 6) is 0. The molecule has 0 amide bonds. The van der Waals surface area contributed by atoms with Gasteiger partial charge in [-0.15, -0.1) is 0 Å². The zero-order valence-corrected chi connectivity index (χ0v) is 13.9. The van der Waals surface area contributed by atoms with Crippen LogP contribution in [0.2, 0.25) is 0 Å². The van der Waals surface area contributed by atoms with Crippen molar-refractivity contribution in [2.24, 2.45) is 0 Å². The maximum atomic E-state index is 10.7. The summed E-state index contributed by atoms with van der Waals surface area (Å²) in [7, 11) is -4.17. The SMILES string of the molecule is CCCCCCCCOC(=O)OS(=O)([O-])=S.[Na+]. The Morgan fingerprint density at radius 3 is 2.29 bits per heavy atom. The summed E-state index contributed by atoms with van der Waals surface area (Å²) < 4.78 is 29.0. The van der Waals surface area contributed by atoms with Gasteiger partial charge in [0, 0.05) is 11.2 Å². The smallest absolute Gasteiger partial charge is 0.739 e. The molecule has 0 aliphatic carbocycles. The minimum Gasteiger partial charge on any atom is -0.739 e. The Hall–Kier alpha value is 0.600. The molecule has 0 heterocycles. The van der Waals surface area contributed by atoms with Gasteiger partial charge in [-0.1, -0.05) is 39.0 Å². The van der Waals surface area contributed by atoms with E-state index in [1.165, 1.54) is 19.3 Å². The van der Waals surface area contributed by atoms with Gasteiger partial charge >= 0.3 is 35.7 Å². The predicted octanol–water partition coefficient (Wildman–Crippen LogP) is -0.704. The summed E-state index contributed by atoms with van der Waals surface area (Å²) >= 11 is 3.86. The van der Waals surface area contributed by atoms with Gasteiger partial charge in [0.05, 0.1) is 6.61 Å². The Morgan fingerprint density at radius 2 is 1.76 bits per heavy atom. The van der Waals surface area contributed by atoms with Gasteiger partial charge in [-0.25, -0.2) is 9.00 Å². The van der Waals surface area contributed by atoms with Crippen molar-refractivity contribution in [2.45, 2.75) is 45.4 Å². The third kappa shape index (κ3) is 16.6. The van der Waals surface area contributed by atoms with Crippen LogP contribution in [-0.4, -0.2) is 21.5 Å². The van der Waals surface area contributed by atoms with Crippen molar-refractivity contribution in [1.82, 2.24) is 0 Å². The summed E-state index contributed by atoms with van der Waals surface area (Å²) in [6, 6.07) is 0. The van der Waals surface area contributed by atoms with Crippen LogP contribution < -0.4 is 29.6 Å². The number of unbranched alkanes of at least 4 members (excludes halogenated alkanes) is 5. The summed E-state index contributed by atoms with van der Waals surface area (Å²) in [5.41, 5.74) is 0. The van der Waals surface area contributed by atoms with E-state index < -0.39 is 15.2 Å². The maximum Gasteiger partial charge on any atom is 1.00 e. The van der Waals surface area contributed by atoms with Crippen LogP contribution in [0.5, 0.6) is 0 Å². The van der Waals surface area contributed by atoms with Crippen molar-refractivity contribution in [3.05, 3.63) is 0 Å². The van der Waals surface area contributed by atoms with Crippen LogP contribution in [-0.2, 0) is 29.2 Å². The first-order valence-electron chi connectivity index (χ1n) is 5.27. The topological polar surface area (TPSA) is 75.7 Å². The molecule has 5 nitrogen and oxygen atoms in total. The van der Waals surface area contributed by atoms with Crippen LogP contribution in [0.4, 0.5) is 4.79 Å². The molecule has 8 heteroatoms. The number of hydrogen-bond donors (Lipinski definition) is 0. The number of ether oxygens (including phenoxy) is 1. The Bertz CT molecular complexity index is 292. The zero-order chi connectivity index (χ0) is 12.4. The molecule has 0 spiro atoms. The maximum absolute atomic E-state index is 10.7. The number of hydrogen-bond acceptors (Lipinski definition) is 6. The van der Waals surface area contributed by atoms with Gasteiger partial charge in [0.1, 0.15) is 9.05 Å². The molecule has 0 radical (unpaired) electrons. The summed E-state index contributed by atoms with van der Waals surface area (Å²) in [5, 5.41) is 0. The second-order valence-corrected chi connectivity index (χ2v) is 5.57. The van der Waals surface area contributed by atoms with Crippen molar-refractivity contribution in [3.63, 3.8) is 0 Å². The molecule has 1 atom stereocenters. The second kappa shape index (κ2) is 11.7. The molecule has 0 aromatic rings. The van der Waals surface area contributed by atoms with Crippen molar-refractivity contribution >= 4 is 26.4 Å². The average molecular weight is 292 g/mol. The van der Waals surface area contributed by atoms with E-state index >= 15 is 0 Å². The van der Waals surface area contributed by atoms with E-state index in [-0.39, 0.29) is 36.2 Å². The molecule has 0 saturated carbocycles. The van der Waals surface area contributed by atoms with Crippen LogP contribution in [0, 0.1) is 0 Å². The van der Waals surface area contributed by atoms with Gasteiger partial charge in [0.2, 0.25) is 0 Å². The van der Waals surface area contributed by atoms with Gasteiger partial charge in [0.25, 0.3) is 0 Å². The van der Waals surface area contributed by atoms with Gasteiger partial charge < -0.3 is 13.5 Å². The van der Waals surface area contributed by atoms with Crippen LogP contribution in [0.3, 0.4) is 0 Å². The van der Waals surface area contributed by atoms with Crippen LogP contribution in [0.25, 0.3) is 0 Å². The largest absolute Gasteiger partial charge is 1.00 e. The second-order valence-electron chi connectivity index (χ2n) is 3.36. The Kier molecular flexibility index (Phi) is 13.7.